The van der Waals surface area contributed by atoms with Gasteiger partial charge in [-0.25, -0.2) is 0 Å². The van der Waals surface area contributed by atoms with Gasteiger partial charge in [-0.05, 0) is 50.2 Å². The molecule has 0 aliphatic heterocycles. The van der Waals surface area contributed by atoms with E-state index in [2.05, 4.69) is 20.4 Å². The van der Waals surface area contributed by atoms with Crippen molar-refractivity contribution in [1.29, 1.82) is 0 Å². The van der Waals surface area contributed by atoms with Crippen molar-refractivity contribution in [2.45, 2.75) is 70.7 Å². The molecule has 0 spiro atoms. The third-order valence-electron chi connectivity index (χ3n) is 4.34. The van der Waals surface area contributed by atoms with E-state index >= 15 is 0 Å². The van der Waals surface area contributed by atoms with Crippen molar-refractivity contribution in [2.24, 2.45) is 5.92 Å². The fourth-order valence-corrected chi connectivity index (χ4v) is 3.67. The van der Waals surface area contributed by atoms with Crippen LogP contribution in [0.15, 0.2) is 12.7 Å². The molecule has 0 aromatic rings. The standard InChI is InChI=1S/C15H32O4SSi/c1-8-14(12-13(2)19-20(5,16)17)10-9-11-15(3,4)21(6,7)18/h8,13-14,18H,1,9-12H2,2-7H3/t13-,14+/m0/s1. The molecule has 0 radical (unpaired) electrons. The summed E-state index contributed by atoms with van der Waals surface area (Å²) < 4.78 is 27.2. The smallest absolute Gasteiger partial charge is 0.264 e. The number of hydrogen-bond donors (Lipinski definition) is 1. The molecular formula is C15H32O4SSi. The fraction of sp³-hybridized carbons (Fsp3) is 0.867. The van der Waals surface area contributed by atoms with E-state index in [4.69, 9.17) is 4.18 Å². The average Bonchev–Trinajstić information content (AvgIpc) is 2.23. The molecule has 0 saturated carbocycles. The monoisotopic (exact) mass is 336 g/mol. The molecule has 0 amide bonds. The Morgan fingerprint density at radius 2 is 1.90 bits per heavy atom. The summed E-state index contributed by atoms with van der Waals surface area (Å²) in [7, 11) is -5.56. The average molecular weight is 337 g/mol. The molecule has 6 heteroatoms. The van der Waals surface area contributed by atoms with Crippen LogP contribution < -0.4 is 0 Å². The lowest BCUT2D eigenvalue weighted by molar-refractivity contribution is 0.200. The van der Waals surface area contributed by atoms with Crippen molar-refractivity contribution in [3.05, 3.63) is 12.7 Å². The molecule has 4 nitrogen and oxygen atoms in total. The third-order valence-corrected chi connectivity index (χ3v) is 8.58. The van der Waals surface area contributed by atoms with Gasteiger partial charge < -0.3 is 4.80 Å². The van der Waals surface area contributed by atoms with Crippen LogP contribution in [0.3, 0.4) is 0 Å². The van der Waals surface area contributed by atoms with E-state index in [9.17, 15) is 13.2 Å². The van der Waals surface area contributed by atoms with Crippen LogP contribution in [-0.4, -0.2) is 33.9 Å². The number of rotatable bonds is 10. The Morgan fingerprint density at radius 3 is 2.29 bits per heavy atom. The zero-order chi connectivity index (χ0) is 16.9. The van der Waals surface area contributed by atoms with Gasteiger partial charge in [-0.2, -0.15) is 8.42 Å². The van der Waals surface area contributed by atoms with Crippen LogP contribution >= 0.6 is 0 Å². The largest absolute Gasteiger partial charge is 0.432 e. The molecule has 0 unspecified atom stereocenters. The summed E-state index contributed by atoms with van der Waals surface area (Å²) in [6.07, 6.45) is 6.16. The lowest BCUT2D eigenvalue weighted by atomic mass is 9.93. The van der Waals surface area contributed by atoms with Crippen LogP contribution in [0.5, 0.6) is 0 Å². The Bertz CT molecular complexity index is 423. The van der Waals surface area contributed by atoms with Crippen molar-refractivity contribution >= 4 is 18.4 Å². The predicted octanol–water partition coefficient (Wildman–Crippen LogP) is 3.69. The van der Waals surface area contributed by atoms with Crippen molar-refractivity contribution in [3.63, 3.8) is 0 Å². The molecule has 0 heterocycles. The van der Waals surface area contributed by atoms with E-state index in [1.165, 1.54) is 0 Å². The zero-order valence-electron chi connectivity index (χ0n) is 14.3. The lowest BCUT2D eigenvalue weighted by Gasteiger charge is -2.35. The summed E-state index contributed by atoms with van der Waals surface area (Å²) in [4.78, 5) is 10.3. The van der Waals surface area contributed by atoms with Crippen molar-refractivity contribution in [1.82, 2.24) is 0 Å². The molecular weight excluding hydrogens is 304 g/mol. The Hall–Kier alpha value is -0.173. The normalized spacial score (nSPS) is 16.5. The highest BCUT2D eigenvalue weighted by molar-refractivity contribution is 7.86. The molecule has 0 aliphatic rings. The number of hydrogen-bond acceptors (Lipinski definition) is 4. The van der Waals surface area contributed by atoms with E-state index in [1.807, 2.05) is 19.2 Å². The second kappa shape index (κ2) is 7.90. The van der Waals surface area contributed by atoms with Gasteiger partial charge >= 0.3 is 0 Å². The van der Waals surface area contributed by atoms with Gasteiger partial charge in [0.1, 0.15) is 0 Å². The lowest BCUT2D eigenvalue weighted by Crippen LogP contribution is -2.38. The summed E-state index contributed by atoms with van der Waals surface area (Å²) in [6.45, 7) is 13.8. The fourth-order valence-electron chi connectivity index (χ4n) is 2.21. The van der Waals surface area contributed by atoms with Crippen LogP contribution in [0.2, 0.25) is 18.1 Å². The summed E-state index contributed by atoms with van der Waals surface area (Å²) in [5.41, 5.74) is 0. The van der Waals surface area contributed by atoms with Gasteiger partial charge in [-0.15, -0.1) is 6.58 Å². The van der Waals surface area contributed by atoms with Crippen molar-refractivity contribution in [2.75, 3.05) is 6.26 Å². The molecule has 126 valence electrons. The van der Waals surface area contributed by atoms with Crippen LogP contribution in [0, 0.1) is 5.92 Å². The van der Waals surface area contributed by atoms with Gasteiger partial charge in [0.25, 0.3) is 10.1 Å². The van der Waals surface area contributed by atoms with Gasteiger partial charge in [0.15, 0.2) is 8.32 Å². The van der Waals surface area contributed by atoms with E-state index < -0.39 is 18.4 Å². The zero-order valence-corrected chi connectivity index (χ0v) is 16.2. The van der Waals surface area contributed by atoms with Crippen LogP contribution in [0.25, 0.3) is 0 Å². The third kappa shape index (κ3) is 8.76. The van der Waals surface area contributed by atoms with Crippen molar-refractivity contribution in [3.8, 4) is 0 Å². The van der Waals surface area contributed by atoms with Crippen molar-refractivity contribution < 1.29 is 17.4 Å². The van der Waals surface area contributed by atoms with Gasteiger partial charge in [0, 0.05) is 0 Å². The second-order valence-electron chi connectivity index (χ2n) is 7.18. The van der Waals surface area contributed by atoms with E-state index in [1.54, 1.807) is 6.92 Å². The Labute approximate surface area is 131 Å². The Kier molecular flexibility index (Phi) is 7.83. The molecule has 0 fully saturated rings. The maximum absolute atomic E-state index is 11.1. The Balaban J connectivity index is 4.32. The predicted molar refractivity (Wildman–Crippen MR) is 91.3 cm³/mol. The first-order chi connectivity index (χ1) is 9.28. The molecule has 1 N–H and O–H groups in total. The molecule has 21 heavy (non-hydrogen) atoms. The summed E-state index contributed by atoms with van der Waals surface area (Å²) in [5, 5.41) is -0.0202. The Morgan fingerprint density at radius 1 is 1.38 bits per heavy atom. The van der Waals surface area contributed by atoms with Gasteiger partial charge in [0.05, 0.1) is 12.4 Å². The molecule has 0 bridgehead atoms. The summed E-state index contributed by atoms with van der Waals surface area (Å²) in [6, 6.07) is 0. The second-order valence-corrected chi connectivity index (χ2v) is 13.2. The van der Waals surface area contributed by atoms with Gasteiger partial charge in [0.2, 0.25) is 0 Å². The molecule has 0 rings (SSSR count). The van der Waals surface area contributed by atoms with E-state index in [0.29, 0.717) is 6.42 Å². The van der Waals surface area contributed by atoms with Crippen LogP contribution in [0.1, 0.15) is 46.5 Å². The highest BCUT2D eigenvalue weighted by atomic mass is 32.2. The highest BCUT2D eigenvalue weighted by Crippen LogP contribution is 2.40. The minimum Gasteiger partial charge on any atom is -0.432 e. The quantitative estimate of drug-likeness (QED) is 0.375. The van der Waals surface area contributed by atoms with Gasteiger partial charge in [-0.3, -0.25) is 4.18 Å². The van der Waals surface area contributed by atoms with Gasteiger partial charge in [-0.1, -0.05) is 26.3 Å². The summed E-state index contributed by atoms with van der Waals surface area (Å²) >= 11 is 0. The topological polar surface area (TPSA) is 63.6 Å². The molecule has 0 aliphatic carbocycles. The maximum atomic E-state index is 11.1. The first-order valence-electron chi connectivity index (χ1n) is 7.51. The van der Waals surface area contributed by atoms with E-state index in [0.717, 1.165) is 25.5 Å². The molecule has 2 atom stereocenters. The highest BCUT2D eigenvalue weighted by Gasteiger charge is 2.37. The minimum absolute atomic E-state index is 0.0202. The maximum Gasteiger partial charge on any atom is 0.264 e. The first kappa shape index (κ1) is 20.8. The molecule has 0 aromatic carbocycles. The molecule has 0 aromatic heterocycles. The van der Waals surface area contributed by atoms with E-state index in [-0.39, 0.29) is 17.1 Å². The van der Waals surface area contributed by atoms with Crippen LogP contribution in [0.4, 0.5) is 0 Å². The number of allylic oxidation sites excluding steroid dienone is 1. The first-order valence-corrected chi connectivity index (χ1v) is 12.3. The molecule has 0 saturated heterocycles. The minimum atomic E-state index is -3.40. The summed E-state index contributed by atoms with van der Waals surface area (Å²) in [5.74, 6) is 0.237. The van der Waals surface area contributed by atoms with Crippen LogP contribution in [-0.2, 0) is 14.3 Å². The SMILES string of the molecule is C=C[C@H](CCCC(C)(C)[Si](C)(C)O)C[C@H](C)OS(C)(=O)=O.